The first-order valence-corrected chi connectivity index (χ1v) is 9.54. The second kappa shape index (κ2) is 9.66. The van der Waals surface area contributed by atoms with E-state index in [0.717, 1.165) is 10.2 Å². The number of rotatable bonds is 7. The maximum Gasteiger partial charge on any atom is 0.343 e. The first kappa shape index (κ1) is 20.3. The van der Waals surface area contributed by atoms with Crippen LogP contribution < -0.4 is 15.9 Å². The standard InChI is InChI=1S/C22H18BrN3O3/c23-17-10-6-16(7-11-17)22(28)29-19-12-8-15(9-13-19)21(26-24)20(27)14-25-18-4-2-1-3-5-18/h1-13,25H,14,24H2/b26-21+. The Labute approximate surface area is 176 Å². The molecule has 0 bridgehead atoms. The molecule has 0 fully saturated rings. The molecule has 7 heteroatoms. The lowest BCUT2D eigenvalue weighted by molar-refractivity contribution is -0.111. The number of carbonyl (C=O) groups excluding carboxylic acids is 2. The summed E-state index contributed by atoms with van der Waals surface area (Å²) in [5.74, 6) is 5.06. The molecular formula is C22H18BrN3O3. The van der Waals surface area contributed by atoms with Gasteiger partial charge in [-0.3, -0.25) is 4.79 Å². The van der Waals surface area contributed by atoms with Crippen molar-refractivity contribution in [3.8, 4) is 5.75 Å². The number of carbonyl (C=O) groups is 2. The summed E-state index contributed by atoms with van der Waals surface area (Å²) in [5.41, 5.74) is 1.94. The summed E-state index contributed by atoms with van der Waals surface area (Å²) >= 11 is 3.32. The van der Waals surface area contributed by atoms with Crippen LogP contribution in [0.2, 0.25) is 0 Å². The van der Waals surface area contributed by atoms with Crippen molar-refractivity contribution < 1.29 is 14.3 Å². The van der Waals surface area contributed by atoms with Crippen molar-refractivity contribution in [3.05, 3.63) is 94.5 Å². The molecule has 146 valence electrons. The van der Waals surface area contributed by atoms with Gasteiger partial charge < -0.3 is 15.9 Å². The van der Waals surface area contributed by atoms with Crippen LogP contribution >= 0.6 is 15.9 Å². The minimum atomic E-state index is -0.471. The van der Waals surface area contributed by atoms with Crippen molar-refractivity contribution in [1.29, 1.82) is 0 Å². The highest BCUT2D eigenvalue weighted by molar-refractivity contribution is 9.10. The summed E-state index contributed by atoms with van der Waals surface area (Å²) in [6.07, 6.45) is 0. The third-order valence-electron chi connectivity index (χ3n) is 4.04. The number of hydrogen-bond acceptors (Lipinski definition) is 6. The second-order valence-corrected chi connectivity index (χ2v) is 6.96. The first-order chi connectivity index (χ1) is 14.1. The molecule has 0 aromatic heterocycles. The largest absolute Gasteiger partial charge is 0.423 e. The molecule has 0 spiro atoms. The average Bonchev–Trinajstić information content (AvgIpc) is 2.75. The fraction of sp³-hybridized carbons (Fsp3) is 0.0455. The minimum absolute atomic E-state index is 0.0559. The molecule has 0 unspecified atom stereocenters. The van der Waals surface area contributed by atoms with Crippen LogP contribution in [-0.4, -0.2) is 24.0 Å². The van der Waals surface area contributed by atoms with Gasteiger partial charge >= 0.3 is 5.97 Å². The predicted molar refractivity (Wildman–Crippen MR) is 116 cm³/mol. The maximum absolute atomic E-state index is 12.5. The highest BCUT2D eigenvalue weighted by Crippen LogP contribution is 2.17. The van der Waals surface area contributed by atoms with Crippen LogP contribution in [0.5, 0.6) is 5.75 Å². The Hall–Kier alpha value is -3.45. The van der Waals surface area contributed by atoms with Gasteiger partial charge in [-0.2, -0.15) is 5.10 Å². The monoisotopic (exact) mass is 451 g/mol. The summed E-state index contributed by atoms with van der Waals surface area (Å²) in [6, 6.07) is 22.7. The fourth-order valence-electron chi connectivity index (χ4n) is 2.56. The summed E-state index contributed by atoms with van der Waals surface area (Å²) in [5, 5.41) is 6.66. The van der Waals surface area contributed by atoms with E-state index in [-0.39, 0.29) is 18.0 Å². The van der Waals surface area contributed by atoms with Gasteiger partial charge in [-0.15, -0.1) is 0 Å². The van der Waals surface area contributed by atoms with Gasteiger partial charge in [-0.05, 0) is 60.7 Å². The van der Waals surface area contributed by atoms with Gasteiger partial charge in [0.15, 0.2) is 0 Å². The molecule has 0 saturated heterocycles. The predicted octanol–water partition coefficient (Wildman–Crippen LogP) is 4.01. The molecule has 0 aliphatic rings. The molecule has 0 amide bonds. The molecule has 3 N–H and O–H groups in total. The van der Waals surface area contributed by atoms with Crippen LogP contribution in [0.4, 0.5) is 5.69 Å². The van der Waals surface area contributed by atoms with Gasteiger partial charge in [0.1, 0.15) is 11.5 Å². The topological polar surface area (TPSA) is 93.8 Å². The van der Waals surface area contributed by atoms with Crippen molar-refractivity contribution in [3.63, 3.8) is 0 Å². The van der Waals surface area contributed by atoms with Crippen LogP contribution in [0.1, 0.15) is 15.9 Å². The van der Waals surface area contributed by atoms with Crippen LogP contribution in [0, 0.1) is 0 Å². The molecule has 3 rings (SSSR count). The number of nitrogens with one attached hydrogen (secondary N) is 1. The molecule has 0 saturated carbocycles. The number of Topliss-reactive ketones (excluding diaryl/α,β-unsaturated/α-hetero) is 1. The summed E-state index contributed by atoms with van der Waals surface area (Å²) in [7, 11) is 0. The lowest BCUT2D eigenvalue weighted by Crippen LogP contribution is -2.25. The van der Waals surface area contributed by atoms with Crippen molar-refractivity contribution in [1.82, 2.24) is 0 Å². The van der Waals surface area contributed by atoms with Gasteiger partial charge in [-0.25, -0.2) is 4.79 Å². The number of ether oxygens (including phenoxy) is 1. The van der Waals surface area contributed by atoms with E-state index in [1.807, 2.05) is 30.3 Å². The Kier molecular flexibility index (Phi) is 6.76. The van der Waals surface area contributed by atoms with E-state index in [1.165, 1.54) is 0 Å². The SMILES string of the molecule is N/N=C(/C(=O)CNc1ccccc1)c1ccc(OC(=O)c2ccc(Br)cc2)cc1. The smallest absolute Gasteiger partial charge is 0.343 e. The van der Waals surface area contributed by atoms with Gasteiger partial charge in [0, 0.05) is 15.7 Å². The zero-order valence-corrected chi connectivity index (χ0v) is 16.9. The molecule has 0 aliphatic carbocycles. The van der Waals surface area contributed by atoms with E-state index in [9.17, 15) is 9.59 Å². The number of ketones is 1. The second-order valence-electron chi connectivity index (χ2n) is 6.04. The minimum Gasteiger partial charge on any atom is -0.423 e. The van der Waals surface area contributed by atoms with Gasteiger partial charge in [0.05, 0.1) is 12.1 Å². The molecule has 29 heavy (non-hydrogen) atoms. The van der Waals surface area contributed by atoms with Crippen LogP contribution in [0.15, 0.2) is 88.4 Å². The highest BCUT2D eigenvalue weighted by Gasteiger charge is 2.15. The van der Waals surface area contributed by atoms with E-state index < -0.39 is 5.97 Å². The Morgan fingerprint density at radius 2 is 1.52 bits per heavy atom. The molecule has 0 aliphatic heterocycles. The number of hydrogen-bond donors (Lipinski definition) is 2. The quantitative estimate of drug-likeness (QED) is 0.186. The number of hydrazone groups is 1. The number of anilines is 1. The van der Waals surface area contributed by atoms with Crippen molar-refractivity contribution in [2.45, 2.75) is 0 Å². The van der Waals surface area contributed by atoms with E-state index in [2.05, 4.69) is 26.3 Å². The van der Waals surface area contributed by atoms with E-state index in [1.54, 1.807) is 48.5 Å². The first-order valence-electron chi connectivity index (χ1n) is 8.75. The van der Waals surface area contributed by atoms with Gasteiger partial charge in [-0.1, -0.05) is 34.1 Å². The number of nitrogens with zero attached hydrogens (tertiary/aromatic N) is 1. The Morgan fingerprint density at radius 1 is 0.897 bits per heavy atom. The van der Waals surface area contributed by atoms with E-state index in [0.29, 0.717) is 16.9 Å². The van der Waals surface area contributed by atoms with Crippen molar-refractivity contribution >= 4 is 39.1 Å². The van der Waals surface area contributed by atoms with Gasteiger partial charge in [0.25, 0.3) is 0 Å². The summed E-state index contributed by atoms with van der Waals surface area (Å²) in [6.45, 7) is 0.0559. The van der Waals surface area contributed by atoms with E-state index >= 15 is 0 Å². The normalized spacial score (nSPS) is 11.0. The fourth-order valence-corrected chi connectivity index (χ4v) is 2.83. The summed E-state index contributed by atoms with van der Waals surface area (Å²) < 4.78 is 6.23. The number of esters is 1. The zero-order valence-electron chi connectivity index (χ0n) is 15.3. The molecule has 3 aromatic carbocycles. The van der Waals surface area contributed by atoms with Crippen LogP contribution in [0.3, 0.4) is 0 Å². The van der Waals surface area contributed by atoms with Crippen molar-refractivity contribution in [2.75, 3.05) is 11.9 Å². The van der Waals surface area contributed by atoms with Crippen LogP contribution in [0.25, 0.3) is 0 Å². The molecule has 0 radical (unpaired) electrons. The van der Waals surface area contributed by atoms with Crippen LogP contribution in [-0.2, 0) is 4.79 Å². The third kappa shape index (κ3) is 5.52. The maximum atomic E-state index is 12.5. The van der Waals surface area contributed by atoms with Crippen molar-refractivity contribution in [2.24, 2.45) is 10.9 Å². The Morgan fingerprint density at radius 3 is 2.14 bits per heavy atom. The van der Waals surface area contributed by atoms with Gasteiger partial charge in [0.2, 0.25) is 5.78 Å². The Balaban J connectivity index is 1.63. The molecular weight excluding hydrogens is 434 g/mol. The number of halogens is 1. The zero-order chi connectivity index (χ0) is 20.6. The van der Waals surface area contributed by atoms with E-state index in [4.69, 9.17) is 10.6 Å². The average molecular weight is 452 g/mol. The molecule has 6 nitrogen and oxygen atoms in total. The molecule has 0 heterocycles. The molecule has 3 aromatic rings. The number of benzene rings is 3. The Bertz CT molecular complexity index is 1020. The lowest BCUT2D eigenvalue weighted by Gasteiger charge is -2.09. The summed E-state index contributed by atoms with van der Waals surface area (Å²) in [4.78, 5) is 24.6. The lowest BCUT2D eigenvalue weighted by atomic mass is 10.1. The highest BCUT2D eigenvalue weighted by atomic mass is 79.9. The third-order valence-corrected chi connectivity index (χ3v) is 4.57. The molecule has 0 atom stereocenters. The number of nitrogens with two attached hydrogens (primary N) is 1. The number of para-hydroxylation sites is 1.